The van der Waals surface area contributed by atoms with Crippen LogP contribution in [0.25, 0.3) is 0 Å². The first-order valence-corrected chi connectivity index (χ1v) is 6.59. The summed E-state index contributed by atoms with van der Waals surface area (Å²) < 4.78 is 1.08. The van der Waals surface area contributed by atoms with Crippen LogP contribution >= 0.6 is 15.9 Å². The van der Waals surface area contributed by atoms with Crippen LogP contribution in [0.15, 0.2) is 22.7 Å². The molecule has 1 N–H and O–H groups in total. The number of benzene rings is 1. The maximum atomic E-state index is 11.1. The normalized spacial score (nSPS) is 20.7. The molecule has 1 aromatic carbocycles. The maximum absolute atomic E-state index is 11.1. The SMILES string of the molecule is Cc1ccc(CN2CCC[C@H]2C(=O)O)cc1Br. The van der Waals surface area contributed by atoms with E-state index in [-0.39, 0.29) is 6.04 Å². The van der Waals surface area contributed by atoms with Crippen LogP contribution < -0.4 is 0 Å². The smallest absolute Gasteiger partial charge is 0.320 e. The van der Waals surface area contributed by atoms with E-state index in [4.69, 9.17) is 5.11 Å². The van der Waals surface area contributed by atoms with Crippen molar-refractivity contribution >= 4 is 21.9 Å². The summed E-state index contributed by atoms with van der Waals surface area (Å²) in [6, 6.07) is 5.89. The Morgan fingerprint density at radius 2 is 2.35 bits per heavy atom. The zero-order valence-electron chi connectivity index (χ0n) is 9.82. The van der Waals surface area contributed by atoms with Crippen LogP contribution in [0.5, 0.6) is 0 Å². The van der Waals surface area contributed by atoms with Gasteiger partial charge in [-0.1, -0.05) is 28.1 Å². The van der Waals surface area contributed by atoms with Crippen molar-refractivity contribution in [3.8, 4) is 0 Å². The van der Waals surface area contributed by atoms with E-state index >= 15 is 0 Å². The number of aryl methyl sites for hydroxylation is 1. The Labute approximate surface area is 110 Å². The van der Waals surface area contributed by atoms with Gasteiger partial charge in [-0.05, 0) is 43.5 Å². The van der Waals surface area contributed by atoms with Gasteiger partial charge in [0.25, 0.3) is 0 Å². The summed E-state index contributed by atoms with van der Waals surface area (Å²) in [5.41, 5.74) is 2.36. The van der Waals surface area contributed by atoms with Gasteiger partial charge in [0, 0.05) is 11.0 Å². The van der Waals surface area contributed by atoms with E-state index in [2.05, 4.69) is 34.1 Å². The Balaban J connectivity index is 2.09. The third-order valence-corrected chi connectivity index (χ3v) is 4.12. The van der Waals surface area contributed by atoms with Gasteiger partial charge in [0.05, 0.1) is 0 Å². The highest BCUT2D eigenvalue weighted by Crippen LogP contribution is 2.23. The molecule has 1 fully saturated rings. The fourth-order valence-corrected chi connectivity index (χ4v) is 2.69. The number of halogens is 1. The lowest BCUT2D eigenvalue weighted by atomic mass is 10.1. The number of rotatable bonds is 3. The average molecular weight is 298 g/mol. The molecular formula is C13H16BrNO2. The molecule has 0 saturated carbocycles. The monoisotopic (exact) mass is 297 g/mol. The van der Waals surface area contributed by atoms with Gasteiger partial charge >= 0.3 is 5.97 Å². The highest BCUT2D eigenvalue weighted by atomic mass is 79.9. The molecule has 0 amide bonds. The van der Waals surface area contributed by atoms with E-state index in [0.29, 0.717) is 0 Å². The summed E-state index contributed by atoms with van der Waals surface area (Å²) in [5, 5.41) is 9.11. The van der Waals surface area contributed by atoms with Crippen molar-refractivity contribution in [3.63, 3.8) is 0 Å². The van der Waals surface area contributed by atoms with Crippen LogP contribution in [-0.2, 0) is 11.3 Å². The second kappa shape index (κ2) is 5.19. The number of likely N-dealkylation sites (tertiary alicyclic amines) is 1. The third-order valence-electron chi connectivity index (χ3n) is 3.27. The van der Waals surface area contributed by atoms with Crippen LogP contribution in [0.2, 0.25) is 0 Å². The highest BCUT2D eigenvalue weighted by molar-refractivity contribution is 9.10. The first-order valence-electron chi connectivity index (χ1n) is 5.80. The van der Waals surface area contributed by atoms with Gasteiger partial charge < -0.3 is 5.11 Å². The van der Waals surface area contributed by atoms with Crippen molar-refractivity contribution in [2.45, 2.75) is 32.4 Å². The van der Waals surface area contributed by atoms with Crippen LogP contribution in [-0.4, -0.2) is 28.6 Å². The number of hydrogen-bond donors (Lipinski definition) is 1. The molecule has 92 valence electrons. The van der Waals surface area contributed by atoms with Crippen molar-refractivity contribution in [3.05, 3.63) is 33.8 Å². The predicted octanol–water partition coefficient (Wildman–Crippen LogP) is 2.81. The van der Waals surface area contributed by atoms with Crippen LogP contribution in [0.4, 0.5) is 0 Å². The minimum Gasteiger partial charge on any atom is -0.480 e. The molecule has 0 radical (unpaired) electrons. The molecule has 4 heteroatoms. The molecule has 1 aliphatic heterocycles. The Kier molecular flexibility index (Phi) is 3.84. The molecule has 3 nitrogen and oxygen atoms in total. The number of aliphatic carboxylic acids is 1. The van der Waals surface area contributed by atoms with E-state index in [1.807, 2.05) is 11.8 Å². The predicted molar refractivity (Wildman–Crippen MR) is 69.9 cm³/mol. The zero-order chi connectivity index (χ0) is 12.4. The van der Waals surface area contributed by atoms with Crippen molar-refractivity contribution in [1.82, 2.24) is 4.90 Å². The van der Waals surface area contributed by atoms with Gasteiger partial charge in [-0.2, -0.15) is 0 Å². The van der Waals surface area contributed by atoms with Gasteiger partial charge in [0.1, 0.15) is 6.04 Å². The second-order valence-electron chi connectivity index (χ2n) is 4.55. The summed E-state index contributed by atoms with van der Waals surface area (Å²) in [4.78, 5) is 13.1. The first kappa shape index (κ1) is 12.6. The summed E-state index contributed by atoms with van der Waals surface area (Å²) in [7, 11) is 0. The molecular weight excluding hydrogens is 282 g/mol. The summed E-state index contributed by atoms with van der Waals surface area (Å²) in [6.07, 6.45) is 1.74. The largest absolute Gasteiger partial charge is 0.480 e. The maximum Gasteiger partial charge on any atom is 0.320 e. The fraction of sp³-hybridized carbons (Fsp3) is 0.462. The summed E-state index contributed by atoms with van der Waals surface area (Å²) in [6.45, 7) is 3.64. The topological polar surface area (TPSA) is 40.5 Å². The number of carbonyl (C=O) groups is 1. The third kappa shape index (κ3) is 2.87. The summed E-state index contributed by atoms with van der Waals surface area (Å²) in [5.74, 6) is -0.700. The molecule has 1 aliphatic rings. The molecule has 1 aromatic rings. The van der Waals surface area contributed by atoms with Crippen molar-refractivity contribution in [2.24, 2.45) is 0 Å². The molecule has 0 aliphatic carbocycles. The quantitative estimate of drug-likeness (QED) is 0.933. The average Bonchev–Trinajstić information content (AvgIpc) is 2.72. The minimum atomic E-state index is -0.700. The van der Waals surface area contributed by atoms with E-state index < -0.39 is 5.97 Å². The van der Waals surface area contributed by atoms with E-state index in [1.165, 1.54) is 5.56 Å². The molecule has 1 saturated heterocycles. The molecule has 1 atom stereocenters. The van der Waals surface area contributed by atoms with Crippen LogP contribution in [0, 0.1) is 6.92 Å². The number of carboxylic acids is 1. The standard InChI is InChI=1S/C13H16BrNO2/c1-9-4-5-10(7-11(9)14)8-15-6-2-3-12(15)13(16)17/h4-5,7,12H,2-3,6,8H2,1H3,(H,16,17)/t12-/m0/s1. The molecule has 0 unspecified atom stereocenters. The van der Waals surface area contributed by atoms with Crippen LogP contribution in [0.1, 0.15) is 24.0 Å². The van der Waals surface area contributed by atoms with E-state index in [9.17, 15) is 4.79 Å². The number of nitrogens with zero attached hydrogens (tertiary/aromatic N) is 1. The van der Waals surface area contributed by atoms with E-state index in [1.54, 1.807) is 0 Å². The Morgan fingerprint density at radius 1 is 1.59 bits per heavy atom. The zero-order valence-corrected chi connectivity index (χ0v) is 11.4. The molecule has 1 heterocycles. The van der Waals surface area contributed by atoms with Gasteiger partial charge in [-0.3, -0.25) is 9.69 Å². The second-order valence-corrected chi connectivity index (χ2v) is 5.40. The van der Waals surface area contributed by atoms with Gasteiger partial charge in [0.15, 0.2) is 0 Å². The minimum absolute atomic E-state index is 0.310. The van der Waals surface area contributed by atoms with Gasteiger partial charge in [-0.15, -0.1) is 0 Å². The Hall–Kier alpha value is -0.870. The number of carboxylic acid groups (broad SMARTS) is 1. The lowest BCUT2D eigenvalue weighted by molar-refractivity contribution is -0.142. The van der Waals surface area contributed by atoms with Gasteiger partial charge in [0.2, 0.25) is 0 Å². The molecule has 2 rings (SSSR count). The van der Waals surface area contributed by atoms with Crippen molar-refractivity contribution in [2.75, 3.05) is 6.54 Å². The van der Waals surface area contributed by atoms with Crippen LogP contribution in [0.3, 0.4) is 0 Å². The van der Waals surface area contributed by atoms with Gasteiger partial charge in [-0.25, -0.2) is 0 Å². The molecule has 0 aromatic heterocycles. The molecule has 0 spiro atoms. The Morgan fingerprint density at radius 3 is 3.00 bits per heavy atom. The van der Waals surface area contributed by atoms with Crippen molar-refractivity contribution < 1.29 is 9.90 Å². The fourth-order valence-electron chi connectivity index (χ4n) is 2.26. The molecule has 0 bridgehead atoms. The molecule has 17 heavy (non-hydrogen) atoms. The van der Waals surface area contributed by atoms with E-state index in [0.717, 1.165) is 36.0 Å². The lowest BCUT2D eigenvalue weighted by Crippen LogP contribution is -2.35. The number of hydrogen-bond acceptors (Lipinski definition) is 2. The van der Waals surface area contributed by atoms with Crippen molar-refractivity contribution in [1.29, 1.82) is 0 Å². The summed E-state index contributed by atoms with van der Waals surface area (Å²) >= 11 is 3.50. The lowest BCUT2D eigenvalue weighted by Gasteiger charge is -2.21. The Bertz CT molecular complexity index is 433. The first-order chi connectivity index (χ1) is 8.08. The highest BCUT2D eigenvalue weighted by Gasteiger charge is 2.30.